The fourth-order valence-corrected chi connectivity index (χ4v) is 2.23. The van der Waals surface area contributed by atoms with Crippen molar-refractivity contribution in [2.75, 3.05) is 5.32 Å². The zero-order valence-corrected chi connectivity index (χ0v) is 13.8. The van der Waals surface area contributed by atoms with Crippen LogP contribution in [0.15, 0.2) is 36.5 Å². The highest BCUT2D eigenvalue weighted by atomic mass is 19.4. The van der Waals surface area contributed by atoms with Crippen molar-refractivity contribution < 1.29 is 27.2 Å². The van der Waals surface area contributed by atoms with Gasteiger partial charge in [-0.05, 0) is 37.3 Å². The van der Waals surface area contributed by atoms with Crippen LogP contribution in [-0.2, 0) is 11.0 Å². The van der Waals surface area contributed by atoms with Crippen molar-refractivity contribution in [3.05, 3.63) is 59.0 Å². The molecule has 9 heteroatoms. The molecule has 2 amide bonds. The molecule has 138 valence electrons. The number of benzene rings is 1. The molecule has 0 aliphatic heterocycles. The van der Waals surface area contributed by atoms with Gasteiger partial charge in [-0.2, -0.15) is 13.2 Å². The Balaban J connectivity index is 2.21. The molecule has 0 radical (unpaired) electrons. The third-order valence-electron chi connectivity index (χ3n) is 3.46. The summed E-state index contributed by atoms with van der Waals surface area (Å²) in [5, 5.41) is 4.83. The number of pyridine rings is 1. The van der Waals surface area contributed by atoms with Crippen molar-refractivity contribution in [3.63, 3.8) is 0 Å². The van der Waals surface area contributed by atoms with E-state index in [1.165, 1.54) is 32.2 Å². The molecular weight excluding hydrogens is 354 g/mol. The highest BCUT2D eigenvalue weighted by molar-refractivity contribution is 5.96. The zero-order valence-electron chi connectivity index (χ0n) is 13.8. The van der Waals surface area contributed by atoms with Crippen LogP contribution >= 0.6 is 0 Å². The number of carbonyl (C=O) groups is 2. The van der Waals surface area contributed by atoms with E-state index in [4.69, 9.17) is 0 Å². The first-order valence-corrected chi connectivity index (χ1v) is 7.49. The van der Waals surface area contributed by atoms with Gasteiger partial charge in [-0.15, -0.1) is 0 Å². The normalized spacial score (nSPS) is 12.4. The van der Waals surface area contributed by atoms with Gasteiger partial charge in [0.25, 0.3) is 5.91 Å². The maximum absolute atomic E-state index is 13.9. The Hall–Kier alpha value is -2.97. The van der Waals surface area contributed by atoms with E-state index in [1.54, 1.807) is 0 Å². The van der Waals surface area contributed by atoms with E-state index in [2.05, 4.69) is 15.6 Å². The SMILES string of the molecule is CC(=O)Nc1cc(C(=O)NC(C)c2cc(C(F)(F)F)ccc2F)ccn1. The molecule has 2 N–H and O–H groups in total. The molecule has 2 rings (SSSR count). The minimum atomic E-state index is -4.62. The van der Waals surface area contributed by atoms with E-state index in [-0.39, 0.29) is 22.9 Å². The van der Waals surface area contributed by atoms with Gasteiger partial charge in [-0.3, -0.25) is 9.59 Å². The lowest BCUT2D eigenvalue weighted by molar-refractivity contribution is -0.137. The maximum Gasteiger partial charge on any atom is 0.416 e. The summed E-state index contributed by atoms with van der Waals surface area (Å²) in [4.78, 5) is 27.1. The Morgan fingerprint density at radius 1 is 1.15 bits per heavy atom. The molecule has 1 atom stereocenters. The molecule has 0 aliphatic carbocycles. The van der Waals surface area contributed by atoms with Gasteiger partial charge in [0.2, 0.25) is 5.91 Å². The molecule has 1 aromatic carbocycles. The molecule has 5 nitrogen and oxygen atoms in total. The lowest BCUT2D eigenvalue weighted by Crippen LogP contribution is -2.27. The van der Waals surface area contributed by atoms with Crippen LogP contribution in [0.4, 0.5) is 23.4 Å². The molecular formula is C17H15F4N3O2. The van der Waals surface area contributed by atoms with E-state index >= 15 is 0 Å². The summed E-state index contributed by atoms with van der Waals surface area (Å²) in [5.74, 6) is -1.75. The highest BCUT2D eigenvalue weighted by Crippen LogP contribution is 2.31. The Morgan fingerprint density at radius 2 is 1.85 bits per heavy atom. The average molecular weight is 369 g/mol. The van der Waals surface area contributed by atoms with Crippen molar-refractivity contribution >= 4 is 17.6 Å². The number of alkyl halides is 3. The first-order chi connectivity index (χ1) is 12.1. The van der Waals surface area contributed by atoms with E-state index in [0.29, 0.717) is 18.2 Å². The van der Waals surface area contributed by atoms with Gasteiger partial charge >= 0.3 is 6.18 Å². The smallest absolute Gasteiger partial charge is 0.345 e. The van der Waals surface area contributed by atoms with Gasteiger partial charge in [-0.1, -0.05) is 0 Å². The van der Waals surface area contributed by atoms with Crippen LogP contribution in [-0.4, -0.2) is 16.8 Å². The van der Waals surface area contributed by atoms with Crippen LogP contribution in [0.5, 0.6) is 0 Å². The van der Waals surface area contributed by atoms with Crippen molar-refractivity contribution in [2.45, 2.75) is 26.1 Å². The van der Waals surface area contributed by atoms with E-state index in [1.807, 2.05) is 0 Å². The summed E-state index contributed by atoms with van der Waals surface area (Å²) >= 11 is 0. The van der Waals surface area contributed by atoms with Crippen molar-refractivity contribution in [2.24, 2.45) is 0 Å². The van der Waals surface area contributed by atoms with Crippen LogP contribution in [0.25, 0.3) is 0 Å². The molecule has 1 unspecified atom stereocenters. The number of nitrogens with zero attached hydrogens (tertiary/aromatic N) is 1. The first kappa shape index (κ1) is 19.4. The maximum atomic E-state index is 13.9. The van der Waals surface area contributed by atoms with Gasteiger partial charge in [0.1, 0.15) is 11.6 Å². The zero-order chi connectivity index (χ0) is 19.5. The van der Waals surface area contributed by atoms with Crippen molar-refractivity contribution in [3.8, 4) is 0 Å². The van der Waals surface area contributed by atoms with E-state index in [9.17, 15) is 27.2 Å². The second-order valence-electron chi connectivity index (χ2n) is 5.54. The minimum Gasteiger partial charge on any atom is -0.345 e. The lowest BCUT2D eigenvalue weighted by Gasteiger charge is -2.17. The quantitative estimate of drug-likeness (QED) is 0.808. The number of rotatable bonds is 4. The Kier molecular flexibility index (Phi) is 5.59. The summed E-state index contributed by atoms with van der Waals surface area (Å²) in [6, 6.07) is 3.65. The Morgan fingerprint density at radius 3 is 2.46 bits per heavy atom. The molecule has 26 heavy (non-hydrogen) atoms. The Labute approximate surface area is 146 Å². The average Bonchev–Trinajstić information content (AvgIpc) is 2.53. The number of halogens is 4. The van der Waals surface area contributed by atoms with Gasteiger partial charge in [0, 0.05) is 24.2 Å². The van der Waals surface area contributed by atoms with Crippen LogP contribution in [0.2, 0.25) is 0 Å². The number of hydrogen-bond acceptors (Lipinski definition) is 3. The standard InChI is InChI=1S/C17H15F4N3O2/c1-9(13-8-12(17(19,20)21)3-4-14(13)18)23-16(26)11-5-6-22-15(7-11)24-10(2)25/h3-9H,1-2H3,(H,23,26)(H,22,24,25). The summed E-state index contributed by atoms with van der Waals surface area (Å²) in [7, 11) is 0. The number of anilines is 1. The van der Waals surface area contributed by atoms with Gasteiger partial charge < -0.3 is 10.6 Å². The molecule has 0 aliphatic rings. The molecule has 2 aromatic rings. The van der Waals surface area contributed by atoms with Crippen LogP contribution < -0.4 is 10.6 Å². The fourth-order valence-electron chi connectivity index (χ4n) is 2.23. The van der Waals surface area contributed by atoms with Crippen molar-refractivity contribution in [1.29, 1.82) is 0 Å². The van der Waals surface area contributed by atoms with Crippen molar-refractivity contribution in [1.82, 2.24) is 10.3 Å². The summed E-state index contributed by atoms with van der Waals surface area (Å²) in [6.45, 7) is 2.64. The van der Waals surface area contributed by atoms with E-state index in [0.717, 1.165) is 0 Å². The predicted molar refractivity (Wildman–Crippen MR) is 85.8 cm³/mol. The summed E-state index contributed by atoms with van der Waals surface area (Å²) in [5.41, 5.74) is -1.18. The number of amides is 2. The topological polar surface area (TPSA) is 71.1 Å². The number of nitrogens with one attached hydrogen (secondary N) is 2. The third kappa shape index (κ3) is 4.78. The molecule has 0 bridgehead atoms. The van der Waals surface area contributed by atoms with Crippen LogP contribution in [0.1, 0.15) is 41.4 Å². The largest absolute Gasteiger partial charge is 0.416 e. The molecule has 1 aromatic heterocycles. The molecule has 0 spiro atoms. The number of aromatic nitrogens is 1. The fraction of sp³-hybridized carbons (Fsp3) is 0.235. The second-order valence-corrected chi connectivity index (χ2v) is 5.54. The molecule has 0 fully saturated rings. The van der Waals surface area contributed by atoms with Gasteiger partial charge in [0.15, 0.2) is 0 Å². The van der Waals surface area contributed by atoms with Crippen LogP contribution in [0.3, 0.4) is 0 Å². The molecule has 0 saturated carbocycles. The van der Waals surface area contributed by atoms with Gasteiger partial charge in [-0.25, -0.2) is 9.37 Å². The number of hydrogen-bond donors (Lipinski definition) is 2. The monoisotopic (exact) mass is 369 g/mol. The Bertz CT molecular complexity index is 837. The van der Waals surface area contributed by atoms with E-state index < -0.39 is 29.5 Å². The summed E-state index contributed by atoms with van der Waals surface area (Å²) < 4.78 is 52.3. The summed E-state index contributed by atoms with van der Waals surface area (Å²) in [6.07, 6.45) is -3.33. The molecule has 0 saturated heterocycles. The highest BCUT2D eigenvalue weighted by Gasteiger charge is 2.31. The first-order valence-electron chi connectivity index (χ1n) is 7.49. The third-order valence-corrected chi connectivity index (χ3v) is 3.46. The molecule has 1 heterocycles. The lowest BCUT2D eigenvalue weighted by atomic mass is 10.0. The van der Waals surface area contributed by atoms with Gasteiger partial charge in [0.05, 0.1) is 11.6 Å². The van der Waals surface area contributed by atoms with Crippen LogP contribution in [0, 0.1) is 5.82 Å². The minimum absolute atomic E-state index is 0.114. The second kappa shape index (κ2) is 7.51. The predicted octanol–water partition coefficient (Wildman–Crippen LogP) is 3.69. The number of carbonyl (C=O) groups excluding carboxylic acids is 2.